The van der Waals surface area contributed by atoms with E-state index in [9.17, 15) is 0 Å². The van der Waals surface area contributed by atoms with Gasteiger partial charge >= 0.3 is 0 Å². The van der Waals surface area contributed by atoms with Crippen molar-refractivity contribution < 1.29 is 0 Å². The molecule has 0 aliphatic carbocycles. The maximum Gasteiger partial charge on any atom is 0.0297 e. The lowest BCUT2D eigenvalue weighted by Gasteiger charge is -2.14. The molecule has 137 valence electrons. The Morgan fingerprint density at radius 1 is 0.571 bits per heavy atom. The van der Waals surface area contributed by atoms with Gasteiger partial charge in [-0.2, -0.15) is 0 Å². The van der Waals surface area contributed by atoms with Crippen molar-refractivity contribution >= 4 is 23.5 Å². The van der Waals surface area contributed by atoms with Gasteiger partial charge in [0.2, 0.25) is 0 Å². The molecule has 0 spiro atoms. The highest BCUT2D eigenvalue weighted by Gasteiger charge is 2.12. The second-order valence-electron chi connectivity index (χ2n) is 6.46. The minimum absolute atomic E-state index is 0.953. The Morgan fingerprint density at radius 2 is 1.11 bits per heavy atom. The van der Waals surface area contributed by atoms with Gasteiger partial charge in [0.15, 0.2) is 0 Å². The second kappa shape index (κ2) is 9.68. The summed E-state index contributed by atoms with van der Waals surface area (Å²) in [5.74, 6) is 1.91. The van der Waals surface area contributed by atoms with E-state index in [1.807, 2.05) is 23.5 Å². The first kappa shape index (κ1) is 18.9. The van der Waals surface area contributed by atoms with E-state index >= 15 is 0 Å². The first-order valence-electron chi connectivity index (χ1n) is 9.34. The van der Waals surface area contributed by atoms with Crippen molar-refractivity contribution in [1.82, 2.24) is 0 Å². The summed E-state index contributed by atoms with van der Waals surface area (Å²) < 4.78 is 0. The van der Waals surface area contributed by atoms with Crippen LogP contribution in [0.15, 0.2) is 113 Å². The Hall–Kier alpha value is -2.42. The van der Waals surface area contributed by atoms with Gasteiger partial charge in [0, 0.05) is 21.3 Å². The van der Waals surface area contributed by atoms with Crippen LogP contribution in [0.2, 0.25) is 0 Å². The molecule has 0 bridgehead atoms. The van der Waals surface area contributed by atoms with Gasteiger partial charge in [-0.05, 0) is 28.3 Å². The van der Waals surface area contributed by atoms with E-state index in [4.69, 9.17) is 0 Å². The molecule has 0 saturated carbocycles. The molecule has 2 heteroatoms. The summed E-state index contributed by atoms with van der Waals surface area (Å²) in [7, 11) is 0. The van der Waals surface area contributed by atoms with Crippen molar-refractivity contribution in [3.05, 3.63) is 120 Å². The largest absolute Gasteiger partial charge is 0.120 e. The summed E-state index contributed by atoms with van der Waals surface area (Å²) in [6, 6.07) is 39.7. The Bertz CT molecular complexity index is 996. The standard InChI is InChI=1S/C26H21S2/c1-4-11-21(12-5-1)19-27-25-18-10-17-24(23-15-8-3-9-16-23)26(25)28-20-22-13-6-2-7-14-22/h1-17H,19-20H2. The fourth-order valence-corrected chi connectivity index (χ4v) is 5.30. The molecule has 1 radical (unpaired) electrons. The number of rotatable bonds is 7. The van der Waals surface area contributed by atoms with Crippen LogP contribution in [0.3, 0.4) is 0 Å². The molecule has 0 heterocycles. The summed E-state index contributed by atoms with van der Waals surface area (Å²) in [4.78, 5) is 2.55. The molecule has 28 heavy (non-hydrogen) atoms. The van der Waals surface area contributed by atoms with Gasteiger partial charge in [-0.15, -0.1) is 23.5 Å². The molecule has 0 aliphatic heterocycles. The van der Waals surface area contributed by atoms with E-state index in [-0.39, 0.29) is 0 Å². The molecule has 0 atom stereocenters. The number of thioether (sulfide) groups is 2. The van der Waals surface area contributed by atoms with Crippen molar-refractivity contribution in [3.63, 3.8) is 0 Å². The Morgan fingerprint density at radius 3 is 1.71 bits per heavy atom. The lowest BCUT2D eigenvalue weighted by atomic mass is 10.1. The van der Waals surface area contributed by atoms with Crippen molar-refractivity contribution in [2.24, 2.45) is 0 Å². The molecule has 0 amide bonds. The van der Waals surface area contributed by atoms with E-state index in [1.54, 1.807) is 0 Å². The van der Waals surface area contributed by atoms with E-state index in [0.717, 1.165) is 11.5 Å². The first-order chi connectivity index (χ1) is 13.9. The zero-order valence-electron chi connectivity index (χ0n) is 15.5. The Labute approximate surface area is 176 Å². The van der Waals surface area contributed by atoms with Crippen LogP contribution in [0.1, 0.15) is 11.1 Å². The Kier molecular flexibility index (Phi) is 6.54. The zero-order valence-corrected chi connectivity index (χ0v) is 17.2. The number of hydrogen-bond acceptors (Lipinski definition) is 2. The molecule has 4 aromatic carbocycles. The van der Waals surface area contributed by atoms with E-state index in [0.29, 0.717) is 0 Å². The average molecular weight is 398 g/mol. The first-order valence-corrected chi connectivity index (χ1v) is 11.3. The molecule has 0 aromatic heterocycles. The average Bonchev–Trinajstić information content (AvgIpc) is 2.78. The minimum atomic E-state index is 0.953. The van der Waals surface area contributed by atoms with Crippen molar-refractivity contribution in [1.29, 1.82) is 0 Å². The molecular formula is C26H21S2. The monoisotopic (exact) mass is 397 g/mol. The van der Waals surface area contributed by atoms with E-state index < -0.39 is 0 Å². The number of hydrogen-bond donors (Lipinski definition) is 0. The predicted molar refractivity (Wildman–Crippen MR) is 123 cm³/mol. The predicted octanol–water partition coefficient (Wildman–Crippen LogP) is 7.74. The Balaban J connectivity index is 1.64. The lowest BCUT2D eigenvalue weighted by Crippen LogP contribution is -1.89. The third kappa shape index (κ3) is 4.89. The van der Waals surface area contributed by atoms with Crippen LogP contribution >= 0.6 is 23.5 Å². The third-order valence-electron chi connectivity index (χ3n) is 4.45. The molecule has 0 N–H and O–H groups in total. The third-order valence-corrected chi connectivity index (χ3v) is 6.86. The molecule has 0 fully saturated rings. The van der Waals surface area contributed by atoms with Gasteiger partial charge in [0.05, 0.1) is 0 Å². The maximum absolute atomic E-state index is 3.50. The van der Waals surface area contributed by atoms with Crippen LogP contribution in [-0.4, -0.2) is 0 Å². The quantitative estimate of drug-likeness (QED) is 0.293. The molecule has 4 rings (SSSR count). The topological polar surface area (TPSA) is 0 Å². The molecule has 0 nitrogen and oxygen atoms in total. The zero-order chi connectivity index (χ0) is 19.0. The lowest BCUT2D eigenvalue weighted by molar-refractivity contribution is 1.22. The fourth-order valence-electron chi connectivity index (χ4n) is 3.02. The van der Waals surface area contributed by atoms with Gasteiger partial charge < -0.3 is 0 Å². The molecule has 0 unspecified atom stereocenters. The maximum atomic E-state index is 3.50. The van der Waals surface area contributed by atoms with Crippen molar-refractivity contribution in [3.8, 4) is 11.1 Å². The van der Waals surface area contributed by atoms with E-state index in [1.165, 1.54) is 32.0 Å². The van der Waals surface area contributed by atoms with Gasteiger partial charge in [0.1, 0.15) is 0 Å². The smallest absolute Gasteiger partial charge is 0.0297 e. The highest BCUT2D eigenvalue weighted by Crippen LogP contribution is 2.40. The molecule has 0 saturated heterocycles. The van der Waals surface area contributed by atoms with Crippen LogP contribution in [0.4, 0.5) is 0 Å². The van der Waals surface area contributed by atoms with Gasteiger partial charge in [0.25, 0.3) is 0 Å². The van der Waals surface area contributed by atoms with Crippen LogP contribution in [0.25, 0.3) is 11.1 Å². The van der Waals surface area contributed by atoms with Crippen molar-refractivity contribution in [2.45, 2.75) is 21.3 Å². The van der Waals surface area contributed by atoms with Gasteiger partial charge in [-0.3, -0.25) is 0 Å². The van der Waals surface area contributed by atoms with Crippen LogP contribution in [-0.2, 0) is 11.5 Å². The highest BCUT2D eigenvalue weighted by molar-refractivity contribution is 8.01. The van der Waals surface area contributed by atoms with Crippen LogP contribution in [0, 0.1) is 6.07 Å². The highest BCUT2D eigenvalue weighted by atomic mass is 32.2. The summed E-state index contributed by atoms with van der Waals surface area (Å²) in [6.45, 7) is 0. The summed E-state index contributed by atoms with van der Waals surface area (Å²) in [6.07, 6.45) is 0. The van der Waals surface area contributed by atoms with Gasteiger partial charge in [-0.25, -0.2) is 0 Å². The molecule has 4 aromatic rings. The second-order valence-corrected chi connectivity index (χ2v) is 8.44. The molecular weight excluding hydrogens is 376 g/mol. The SMILES string of the molecule is [c]1ccc(-c2ccccc2)c(SCc2ccccc2)c1SCc1ccccc1. The summed E-state index contributed by atoms with van der Waals surface area (Å²) >= 11 is 3.77. The van der Waals surface area contributed by atoms with Crippen molar-refractivity contribution in [2.75, 3.05) is 0 Å². The van der Waals surface area contributed by atoms with E-state index in [2.05, 4.69) is 109 Å². The van der Waals surface area contributed by atoms with Gasteiger partial charge in [-0.1, -0.05) is 103 Å². The minimum Gasteiger partial charge on any atom is -0.120 e. The summed E-state index contributed by atoms with van der Waals surface area (Å²) in [5, 5.41) is 0. The number of benzene rings is 4. The van der Waals surface area contributed by atoms with Crippen LogP contribution < -0.4 is 0 Å². The van der Waals surface area contributed by atoms with Crippen LogP contribution in [0.5, 0.6) is 0 Å². The molecule has 0 aliphatic rings. The fraction of sp³-hybridized carbons (Fsp3) is 0.0769. The normalized spacial score (nSPS) is 10.7. The summed E-state index contributed by atoms with van der Waals surface area (Å²) in [5.41, 5.74) is 5.23.